The van der Waals surface area contributed by atoms with Crippen molar-refractivity contribution >= 4 is 0 Å². The molecular formula is C80H168N8. The largest absolute Gasteiger partial charge is 0.317 e. The van der Waals surface area contributed by atoms with Crippen molar-refractivity contribution in [3.63, 3.8) is 0 Å². The number of hydrogen-bond acceptors (Lipinski definition) is 8. The third-order valence-electron chi connectivity index (χ3n) is 21.3. The van der Waals surface area contributed by atoms with Gasteiger partial charge in [-0.3, -0.25) is 0 Å². The number of nitrogens with one attached hydrogen (secondary N) is 1. The van der Waals surface area contributed by atoms with Crippen molar-refractivity contribution in [2.24, 2.45) is 70.5 Å². The molecule has 7 aliphatic heterocycles. The molecule has 0 aromatic heterocycles. The Hall–Kier alpha value is -0.320. The van der Waals surface area contributed by atoms with E-state index in [0.717, 1.165) is 65.1 Å². The van der Waals surface area contributed by atoms with Crippen molar-refractivity contribution in [3.05, 3.63) is 0 Å². The fraction of sp³-hybridized carbons (Fsp3) is 1.00. The molecule has 8 nitrogen and oxygen atoms in total. The zero-order chi connectivity index (χ0) is 65.5. The molecule has 0 aromatic carbocycles. The zero-order valence-electron chi connectivity index (χ0n) is 64.4. The molecule has 0 spiro atoms. The first-order valence-electron chi connectivity index (χ1n) is 39.5. The Balaban J connectivity index is 0.000000503. The lowest BCUT2D eigenvalue weighted by Gasteiger charge is -2.40. The SMILES string of the molecule is CC(C)C(C)(C)C1CCNCC1.CC(C)CC1CCCCC1.CC(C)CC1CCN(C)CC1.CC(C)CCN1CCCC1.CC(C)CCN1CCCCC1.CC(C)CCN1CCCCC1.CC(C)CCN1CCCCC1.CC(C)CCN1CCN(C)CC1. The van der Waals surface area contributed by atoms with Crippen LogP contribution in [0.2, 0.25) is 0 Å². The first-order valence-corrected chi connectivity index (χ1v) is 39.5. The van der Waals surface area contributed by atoms with E-state index in [1.807, 2.05) is 0 Å². The summed E-state index contributed by atoms with van der Waals surface area (Å²) in [6.45, 7) is 69.5. The van der Waals surface area contributed by atoms with Gasteiger partial charge in [0.25, 0.3) is 0 Å². The van der Waals surface area contributed by atoms with Gasteiger partial charge in [-0.05, 0) is 318 Å². The molecule has 7 heterocycles. The lowest BCUT2D eigenvalue weighted by atomic mass is 9.67. The van der Waals surface area contributed by atoms with Crippen LogP contribution >= 0.6 is 0 Å². The summed E-state index contributed by atoms with van der Waals surface area (Å²) in [6.07, 6.45) is 38.7. The van der Waals surface area contributed by atoms with E-state index in [0.29, 0.717) is 5.41 Å². The van der Waals surface area contributed by atoms with E-state index >= 15 is 0 Å². The molecular weight excluding hydrogens is 1070 g/mol. The molecule has 8 heteroatoms. The minimum absolute atomic E-state index is 0.530. The minimum Gasteiger partial charge on any atom is -0.317 e. The monoisotopic (exact) mass is 1240 g/mol. The van der Waals surface area contributed by atoms with E-state index in [-0.39, 0.29) is 0 Å². The quantitative estimate of drug-likeness (QED) is 0.122. The maximum absolute atomic E-state index is 3.43. The second-order valence-electron chi connectivity index (χ2n) is 33.8. The average Bonchev–Trinajstić information content (AvgIpc) is 3.93. The summed E-state index contributed by atoms with van der Waals surface area (Å²) < 4.78 is 0. The summed E-state index contributed by atoms with van der Waals surface area (Å²) in [7, 11) is 4.44. The molecule has 0 unspecified atom stereocenters. The zero-order valence-corrected chi connectivity index (χ0v) is 64.4. The van der Waals surface area contributed by atoms with Crippen molar-refractivity contribution in [3.8, 4) is 0 Å². The minimum atomic E-state index is 0.530. The van der Waals surface area contributed by atoms with Gasteiger partial charge in [0, 0.05) is 26.2 Å². The predicted molar refractivity (Wildman–Crippen MR) is 398 cm³/mol. The van der Waals surface area contributed by atoms with Crippen LogP contribution in [0.3, 0.4) is 0 Å². The molecule has 7 saturated heterocycles. The molecule has 88 heavy (non-hydrogen) atoms. The predicted octanol–water partition coefficient (Wildman–Crippen LogP) is 19.6. The molecule has 8 fully saturated rings. The third kappa shape index (κ3) is 49.3. The Kier molecular flexibility index (Phi) is 52.5. The molecule has 1 aliphatic carbocycles. The summed E-state index contributed by atoms with van der Waals surface area (Å²) in [4.78, 5) is 17.9. The lowest BCUT2D eigenvalue weighted by molar-refractivity contribution is 0.108. The number of piperidine rings is 5. The van der Waals surface area contributed by atoms with Crippen LogP contribution in [0.15, 0.2) is 0 Å². The Morgan fingerprint density at radius 3 is 0.841 bits per heavy atom. The summed E-state index contributed by atoms with van der Waals surface area (Å²) >= 11 is 0. The van der Waals surface area contributed by atoms with Crippen LogP contribution in [0.1, 0.15) is 298 Å². The molecule has 8 rings (SSSR count). The lowest BCUT2D eigenvalue weighted by Crippen LogP contribution is -2.44. The van der Waals surface area contributed by atoms with Crippen LogP contribution in [0.5, 0.6) is 0 Å². The van der Waals surface area contributed by atoms with Gasteiger partial charge in [0.05, 0.1) is 0 Å². The van der Waals surface area contributed by atoms with Crippen LogP contribution in [-0.4, -0.2) is 186 Å². The van der Waals surface area contributed by atoms with Gasteiger partial charge in [0.2, 0.25) is 0 Å². The Bertz CT molecular complexity index is 1380. The van der Waals surface area contributed by atoms with Crippen molar-refractivity contribution in [2.75, 3.05) is 152 Å². The van der Waals surface area contributed by atoms with Crippen molar-refractivity contribution in [2.45, 2.75) is 298 Å². The van der Waals surface area contributed by atoms with E-state index in [9.17, 15) is 0 Å². The summed E-state index contributed by atoms with van der Waals surface area (Å²) in [5, 5.41) is 3.43. The first kappa shape index (κ1) is 85.7. The number of rotatable bonds is 21. The number of hydrogen-bond donors (Lipinski definition) is 1. The number of nitrogens with zero attached hydrogens (tertiary/aromatic N) is 7. The molecule has 0 radical (unpaired) electrons. The maximum Gasteiger partial charge on any atom is 0.0110 e. The normalized spacial score (nSPS) is 21.5. The van der Waals surface area contributed by atoms with Gasteiger partial charge >= 0.3 is 0 Å². The number of piperazine rings is 1. The standard InChI is InChI=1S/C11H23N.C10H22N2.4C10H21N.C10H20.C9H19N/c1-9(2)11(3,4)10-5-7-12-8-6-10;1-10(2)4-5-12-8-6-11(3)7-9-12;1-9(2)8-10-4-6-11(3)7-5-10;3*1-10(2)6-9-11-7-4-3-5-8-11;1-9(2)8-10-6-4-3-5-7-10;1-9(2)5-8-10-6-3-4-7-10/h9-10,12H,5-8H2,1-4H3;10H,4-9H2,1-3H3;9-10H,4-8H2,1-3H3;3*10H,3-9H2,1-2H3;9-10H,3-8H2,1-2H3;9H,3-8H2,1-2H3. The third-order valence-corrected chi connectivity index (χ3v) is 21.3. The number of likely N-dealkylation sites (N-methyl/N-ethyl adjacent to an activating group) is 1. The Labute approximate surface area is 556 Å². The molecule has 0 amide bonds. The summed E-state index contributed by atoms with van der Waals surface area (Å²) in [5.41, 5.74) is 0.530. The molecule has 0 atom stereocenters. The highest BCUT2D eigenvalue weighted by Gasteiger charge is 2.33. The van der Waals surface area contributed by atoms with Crippen LogP contribution in [-0.2, 0) is 0 Å². The first-order chi connectivity index (χ1) is 41.9. The van der Waals surface area contributed by atoms with Crippen molar-refractivity contribution in [1.29, 1.82) is 0 Å². The van der Waals surface area contributed by atoms with Crippen LogP contribution in [0.25, 0.3) is 0 Å². The van der Waals surface area contributed by atoms with Crippen molar-refractivity contribution in [1.82, 2.24) is 39.6 Å². The molecule has 0 bridgehead atoms. The fourth-order valence-electron chi connectivity index (χ4n) is 13.9. The van der Waals surface area contributed by atoms with E-state index in [2.05, 4.69) is 178 Å². The second kappa shape index (κ2) is 53.9. The number of likely N-dealkylation sites (tertiary alicyclic amines) is 5. The van der Waals surface area contributed by atoms with Gasteiger partial charge in [-0.1, -0.05) is 176 Å². The Morgan fingerprint density at radius 1 is 0.295 bits per heavy atom. The van der Waals surface area contributed by atoms with Gasteiger partial charge in [-0.2, -0.15) is 0 Å². The Morgan fingerprint density at radius 2 is 0.557 bits per heavy atom. The summed E-state index contributed by atoms with van der Waals surface area (Å²) in [6, 6.07) is 0. The molecule has 1 saturated carbocycles. The van der Waals surface area contributed by atoms with Gasteiger partial charge in [0.15, 0.2) is 0 Å². The van der Waals surface area contributed by atoms with E-state index in [1.165, 1.54) is 311 Å². The molecule has 528 valence electrons. The second-order valence-corrected chi connectivity index (χ2v) is 33.8. The van der Waals surface area contributed by atoms with E-state index < -0.39 is 0 Å². The van der Waals surface area contributed by atoms with Gasteiger partial charge < -0.3 is 39.6 Å². The molecule has 1 N–H and O–H groups in total. The maximum atomic E-state index is 3.43. The smallest absolute Gasteiger partial charge is 0.0110 e. The average molecular weight is 1240 g/mol. The topological polar surface area (TPSA) is 34.7 Å². The van der Waals surface area contributed by atoms with Crippen LogP contribution < -0.4 is 5.32 Å². The van der Waals surface area contributed by atoms with Crippen LogP contribution in [0.4, 0.5) is 0 Å². The highest BCUT2D eigenvalue weighted by Crippen LogP contribution is 2.39. The highest BCUT2D eigenvalue weighted by molar-refractivity contribution is 4.84. The van der Waals surface area contributed by atoms with Gasteiger partial charge in [0.1, 0.15) is 0 Å². The van der Waals surface area contributed by atoms with Gasteiger partial charge in [-0.25, -0.2) is 0 Å². The fourth-order valence-corrected chi connectivity index (χ4v) is 13.9. The highest BCUT2D eigenvalue weighted by atomic mass is 15.2. The summed E-state index contributed by atoms with van der Waals surface area (Å²) in [5.74, 6) is 9.99. The van der Waals surface area contributed by atoms with Crippen molar-refractivity contribution < 1.29 is 0 Å². The van der Waals surface area contributed by atoms with Crippen LogP contribution in [0, 0.1) is 70.5 Å². The molecule has 8 aliphatic rings. The van der Waals surface area contributed by atoms with E-state index in [4.69, 9.17) is 0 Å². The van der Waals surface area contributed by atoms with E-state index in [1.54, 1.807) is 0 Å². The van der Waals surface area contributed by atoms with Gasteiger partial charge in [-0.15, -0.1) is 0 Å². The molecule has 0 aromatic rings.